The molecule has 2 aliphatic rings. The van der Waals surface area contributed by atoms with Crippen LogP contribution in [0.5, 0.6) is 11.5 Å². The van der Waals surface area contributed by atoms with Gasteiger partial charge in [0, 0.05) is 50.1 Å². The second kappa shape index (κ2) is 16.2. The van der Waals surface area contributed by atoms with E-state index in [1.54, 1.807) is 17.9 Å². The number of cyclic esters (lactones) is 1. The molecule has 12 nitrogen and oxygen atoms in total. The number of rotatable bonds is 8. The Bertz CT molecular complexity index is 1150. The quantitative estimate of drug-likeness (QED) is 0.0901. The molecule has 40 heavy (non-hydrogen) atoms. The zero-order chi connectivity index (χ0) is 28.7. The average molecular weight is 556 g/mol. The van der Waals surface area contributed by atoms with Crippen LogP contribution in [-0.2, 0) is 25.5 Å². The van der Waals surface area contributed by atoms with Crippen molar-refractivity contribution in [2.45, 2.75) is 64.1 Å². The molecule has 0 aromatic heterocycles. The van der Waals surface area contributed by atoms with Gasteiger partial charge in [-0.1, -0.05) is 28.5 Å². The number of esters is 1. The number of amides is 1. The predicted octanol–water partition coefficient (Wildman–Crippen LogP) is 4.56. The summed E-state index contributed by atoms with van der Waals surface area (Å²) in [7, 11) is 0. The molecule has 1 aromatic carbocycles. The number of nitrogens with zero attached hydrogens (tertiary/aromatic N) is 5. The molecule has 2 heterocycles. The number of azide groups is 1. The summed E-state index contributed by atoms with van der Waals surface area (Å²) in [6, 6.07) is 2.45. The largest absolute Gasteiger partial charge is 0.508 e. The van der Waals surface area contributed by atoms with Gasteiger partial charge >= 0.3 is 5.97 Å². The van der Waals surface area contributed by atoms with Crippen molar-refractivity contribution < 1.29 is 34.1 Å². The van der Waals surface area contributed by atoms with Crippen LogP contribution in [0.25, 0.3) is 10.4 Å². The van der Waals surface area contributed by atoms with E-state index in [9.17, 15) is 19.8 Å². The molecule has 2 aliphatic heterocycles. The molecule has 0 saturated carbocycles. The van der Waals surface area contributed by atoms with Crippen molar-refractivity contribution in [3.05, 3.63) is 58.0 Å². The van der Waals surface area contributed by atoms with Gasteiger partial charge in [0.1, 0.15) is 23.2 Å². The van der Waals surface area contributed by atoms with E-state index in [1.165, 1.54) is 6.07 Å². The second-order valence-corrected chi connectivity index (χ2v) is 9.71. The summed E-state index contributed by atoms with van der Waals surface area (Å²) in [4.78, 5) is 35.5. The Morgan fingerprint density at radius 2 is 2.00 bits per heavy atom. The summed E-state index contributed by atoms with van der Waals surface area (Å²) < 4.78 is 11.5. The van der Waals surface area contributed by atoms with E-state index in [2.05, 4.69) is 15.2 Å². The van der Waals surface area contributed by atoms with Gasteiger partial charge in [-0.25, -0.2) is 4.79 Å². The molecule has 0 aliphatic carbocycles. The summed E-state index contributed by atoms with van der Waals surface area (Å²) in [6.07, 6.45) is 11.0. The van der Waals surface area contributed by atoms with Crippen LogP contribution in [0.4, 0.5) is 0 Å². The Morgan fingerprint density at radius 1 is 1.20 bits per heavy atom. The van der Waals surface area contributed by atoms with Crippen LogP contribution in [0.3, 0.4) is 0 Å². The fourth-order valence-electron chi connectivity index (χ4n) is 4.43. The third-order valence-electron chi connectivity index (χ3n) is 6.44. The van der Waals surface area contributed by atoms with E-state index >= 15 is 0 Å². The van der Waals surface area contributed by atoms with Crippen molar-refractivity contribution >= 4 is 17.6 Å². The highest BCUT2D eigenvalue weighted by atomic mass is 16.6. The first-order valence-electron chi connectivity index (χ1n) is 13.6. The van der Waals surface area contributed by atoms with Gasteiger partial charge in [0.15, 0.2) is 6.61 Å². The highest BCUT2D eigenvalue weighted by molar-refractivity contribution is 6.00. The Hall–Kier alpha value is -4.02. The van der Waals surface area contributed by atoms with Gasteiger partial charge < -0.3 is 29.4 Å². The van der Waals surface area contributed by atoms with E-state index in [0.29, 0.717) is 56.8 Å². The van der Waals surface area contributed by atoms with Crippen molar-refractivity contribution in [3.63, 3.8) is 0 Å². The first kappa shape index (κ1) is 30.5. The van der Waals surface area contributed by atoms with Crippen molar-refractivity contribution in [3.8, 4) is 11.5 Å². The zero-order valence-corrected chi connectivity index (χ0v) is 22.8. The highest BCUT2D eigenvalue weighted by Crippen LogP contribution is 2.29. The van der Waals surface area contributed by atoms with Crippen LogP contribution in [-0.4, -0.2) is 77.8 Å². The summed E-state index contributed by atoms with van der Waals surface area (Å²) in [5, 5.41) is 28.3. The van der Waals surface area contributed by atoms with Gasteiger partial charge in [-0.05, 0) is 62.3 Å². The minimum Gasteiger partial charge on any atom is -0.508 e. The lowest BCUT2D eigenvalue weighted by Crippen LogP contribution is -2.37. The number of oxime groups is 1. The minimum absolute atomic E-state index is 0.0166. The molecule has 0 radical (unpaired) electrons. The number of ether oxygens (including phenoxy) is 2. The molecule has 3 rings (SSSR count). The predicted molar refractivity (Wildman–Crippen MR) is 148 cm³/mol. The van der Waals surface area contributed by atoms with Crippen LogP contribution in [0.1, 0.15) is 61.4 Å². The molecule has 1 aromatic rings. The normalized spacial score (nSPS) is 22.8. The Balaban J connectivity index is 1.84. The number of aromatic hydroxyl groups is 2. The molecule has 0 bridgehead atoms. The molecular weight excluding hydrogens is 518 g/mol. The number of hydrogen-bond acceptors (Lipinski definition) is 9. The van der Waals surface area contributed by atoms with Gasteiger partial charge in [0.2, 0.25) is 0 Å². The number of phenols is 2. The highest BCUT2D eigenvalue weighted by Gasteiger charge is 2.23. The Kier molecular flexibility index (Phi) is 12.3. The number of carbonyl (C=O) groups is 2. The molecule has 0 unspecified atom stereocenters. The van der Waals surface area contributed by atoms with Crippen molar-refractivity contribution in [1.82, 2.24) is 4.90 Å². The maximum Gasteiger partial charge on any atom is 0.342 e. The molecule has 1 fully saturated rings. The van der Waals surface area contributed by atoms with Crippen LogP contribution in [0.2, 0.25) is 0 Å². The number of hydrogen-bond donors (Lipinski definition) is 2. The summed E-state index contributed by atoms with van der Waals surface area (Å²) >= 11 is 0. The van der Waals surface area contributed by atoms with Crippen LogP contribution in [0.15, 0.2) is 46.7 Å². The number of piperidine rings is 1. The first-order chi connectivity index (χ1) is 19.4. The zero-order valence-electron chi connectivity index (χ0n) is 22.8. The molecule has 2 atom stereocenters. The van der Waals surface area contributed by atoms with Gasteiger partial charge in [-0.3, -0.25) is 4.79 Å². The third-order valence-corrected chi connectivity index (χ3v) is 6.44. The number of likely N-dealkylation sites (tertiary alicyclic amines) is 1. The number of benzene rings is 1. The molecule has 1 amide bonds. The number of carbonyl (C=O) groups excluding carboxylic acids is 2. The SMILES string of the molecule is C[C@@H]1C/C=C/[C@@H](OCCCN=[N+]=[N-])C/C=C/C(=N\OCC(=O)N2CCCCC2)Cc2cc(O)cc(O)c2C(=O)O1. The third kappa shape index (κ3) is 9.94. The number of allylic oxidation sites excluding steroid dienone is 1. The minimum atomic E-state index is -0.735. The van der Waals surface area contributed by atoms with E-state index in [4.69, 9.17) is 19.8 Å². The van der Waals surface area contributed by atoms with Gasteiger partial charge in [-0.15, -0.1) is 0 Å². The second-order valence-electron chi connectivity index (χ2n) is 9.71. The van der Waals surface area contributed by atoms with E-state index in [-0.39, 0.29) is 36.4 Å². The van der Waals surface area contributed by atoms with Crippen molar-refractivity contribution in [2.75, 3.05) is 32.8 Å². The maximum atomic E-state index is 13.0. The lowest BCUT2D eigenvalue weighted by molar-refractivity contribution is -0.137. The molecule has 0 spiro atoms. The van der Waals surface area contributed by atoms with Crippen molar-refractivity contribution in [2.24, 2.45) is 10.3 Å². The van der Waals surface area contributed by atoms with Crippen molar-refractivity contribution in [1.29, 1.82) is 0 Å². The molecule has 1 saturated heterocycles. The fraction of sp³-hybridized carbons (Fsp3) is 0.536. The average Bonchev–Trinajstić information content (AvgIpc) is 2.92. The van der Waals surface area contributed by atoms with E-state index in [0.717, 1.165) is 25.3 Å². The lowest BCUT2D eigenvalue weighted by Gasteiger charge is -2.26. The Labute approximate surface area is 233 Å². The molecular formula is C28H37N5O7. The lowest BCUT2D eigenvalue weighted by atomic mass is 9.99. The summed E-state index contributed by atoms with van der Waals surface area (Å²) in [5.74, 6) is -1.52. The topological polar surface area (TPSA) is 167 Å². The van der Waals surface area contributed by atoms with Gasteiger partial charge in [0.05, 0.1) is 11.8 Å². The number of fused-ring (bicyclic) bond motifs is 1. The molecule has 2 N–H and O–H groups in total. The monoisotopic (exact) mass is 555 g/mol. The molecule has 12 heteroatoms. The standard InChI is InChI=1S/C28H37N5O7/c1-20-8-5-10-24(38-15-7-12-30-32-29)11-6-9-22(31-39-19-26(36)33-13-3-2-4-14-33)16-21-17-23(34)18-25(35)27(21)28(37)40-20/h5-6,9-10,17-18,20,24,34-35H,2-4,7-8,11-16,19H2,1H3/b9-6+,10-5+,31-22+/t20-,24-/m1/s1. The maximum absolute atomic E-state index is 13.0. The van der Waals surface area contributed by atoms with Crippen LogP contribution < -0.4 is 0 Å². The fourth-order valence-corrected chi connectivity index (χ4v) is 4.43. The van der Waals surface area contributed by atoms with Gasteiger partial charge in [-0.2, -0.15) is 0 Å². The summed E-state index contributed by atoms with van der Waals surface area (Å²) in [6.45, 7) is 3.63. The van der Waals surface area contributed by atoms with Crippen LogP contribution >= 0.6 is 0 Å². The smallest absolute Gasteiger partial charge is 0.342 e. The first-order valence-corrected chi connectivity index (χ1v) is 13.6. The number of phenolic OH excluding ortho intramolecular Hbond substituents is 2. The molecule has 216 valence electrons. The van der Waals surface area contributed by atoms with Crippen LogP contribution in [0, 0.1) is 0 Å². The Morgan fingerprint density at radius 3 is 2.77 bits per heavy atom. The van der Waals surface area contributed by atoms with E-state index in [1.807, 2.05) is 18.2 Å². The van der Waals surface area contributed by atoms with E-state index < -0.39 is 17.8 Å². The van der Waals surface area contributed by atoms with Gasteiger partial charge in [0.25, 0.3) is 5.91 Å². The summed E-state index contributed by atoms with van der Waals surface area (Å²) in [5.41, 5.74) is 9.03.